The molecule has 0 spiro atoms. The van der Waals surface area contributed by atoms with Crippen molar-refractivity contribution in [1.29, 1.82) is 0 Å². The van der Waals surface area contributed by atoms with E-state index in [1.165, 1.54) is 5.56 Å². The molecule has 2 atom stereocenters. The van der Waals surface area contributed by atoms with Crippen molar-refractivity contribution in [3.05, 3.63) is 90.5 Å². The van der Waals surface area contributed by atoms with Crippen LogP contribution in [0.5, 0.6) is 0 Å². The third-order valence-corrected chi connectivity index (χ3v) is 3.78. The molecule has 0 radical (unpaired) electrons. The van der Waals surface area contributed by atoms with Crippen LogP contribution in [0, 0.1) is 0 Å². The molecule has 0 unspecified atom stereocenters. The molecule has 2 N–H and O–H groups in total. The van der Waals surface area contributed by atoms with Crippen LogP contribution in [0.25, 0.3) is 6.08 Å². The van der Waals surface area contributed by atoms with Crippen LogP contribution in [0.1, 0.15) is 17.5 Å². The van der Waals surface area contributed by atoms with E-state index >= 15 is 0 Å². The van der Waals surface area contributed by atoms with Crippen molar-refractivity contribution in [2.24, 2.45) is 0 Å². The maximum Gasteiger partial charge on any atom is 0.0732 e. The van der Waals surface area contributed by atoms with Crippen molar-refractivity contribution in [3.8, 4) is 0 Å². The van der Waals surface area contributed by atoms with Gasteiger partial charge in [0.15, 0.2) is 0 Å². The van der Waals surface area contributed by atoms with Gasteiger partial charge in [0.1, 0.15) is 0 Å². The lowest BCUT2D eigenvalue weighted by atomic mass is 10.0. The van der Waals surface area contributed by atoms with Crippen molar-refractivity contribution >= 4 is 6.08 Å². The Balaban J connectivity index is 1.95. The highest BCUT2D eigenvalue weighted by atomic mass is 16.3. The van der Waals surface area contributed by atoms with E-state index in [1.54, 1.807) is 0 Å². The van der Waals surface area contributed by atoms with Gasteiger partial charge in [-0.05, 0) is 24.0 Å². The first-order valence-corrected chi connectivity index (χ1v) is 8.09. The number of aliphatic hydroxyl groups excluding tert-OH is 1. The number of benzene rings is 2. The molecule has 0 aliphatic rings. The predicted molar refractivity (Wildman–Crippen MR) is 98.2 cm³/mol. The third kappa shape index (κ3) is 6.23. The second kappa shape index (κ2) is 9.78. The van der Waals surface area contributed by atoms with E-state index in [0.717, 1.165) is 18.4 Å². The summed E-state index contributed by atoms with van der Waals surface area (Å²) >= 11 is 0. The van der Waals surface area contributed by atoms with Crippen LogP contribution in [0.4, 0.5) is 0 Å². The van der Waals surface area contributed by atoms with Gasteiger partial charge < -0.3 is 10.4 Å². The second-order valence-electron chi connectivity index (χ2n) is 5.58. The van der Waals surface area contributed by atoms with E-state index < -0.39 is 6.10 Å². The van der Waals surface area contributed by atoms with Crippen molar-refractivity contribution in [2.75, 3.05) is 6.54 Å². The highest BCUT2D eigenvalue weighted by Gasteiger charge is 2.15. The van der Waals surface area contributed by atoms with Crippen molar-refractivity contribution in [2.45, 2.75) is 25.0 Å². The van der Waals surface area contributed by atoms with Gasteiger partial charge in [0.05, 0.1) is 12.1 Å². The molecule has 0 aromatic heterocycles. The normalized spacial score (nSPS) is 13.8. The molecule has 0 bridgehead atoms. The average molecular weight is 307 g/mol. The second-order valence-corrected chi connectivity index (χ2v) is 5.58. The van der Waals surface area contributed by atoms with Crippen molar-refractivity contribution in [3.63, 3.8) is 0 Å². The van der Waals surface area contributed by atoms with Crippen LogP contribution in [0.3, 0.4) is 0 Å². The largest absolute Gasteiger partial charge is 0.391 e. The third-order valence-electron chi connectivity index (χ3n) is 3.78. The van der Waals surface area contributed by atoms with Gasteiger partial charge >= 0.3 is 0 Å². The Kier molecular flexibility index (Phi) is 7.31. The standard InChI is InChI=1S/C21H25NO/c1-2-17-22-20(15-13-18-9-5-3-6-10-18)21(23)16-14-19-11-7-4-8-12-19/h2-13,15,20-23H,1,14,16-17H2/b15-13+/t20-,21+/m1/s1. The molecule has 2 nitrogen and oxygen atoms in total. The van der Waals surface area contributed by atoms with Gasteiger partial charge in [0.2, 0.25) is 0 Å². The van der Waals surface area contributed by atoms with Crippen LogP contribution in [-0.2, 0) is 6.42 Å². The lowest BCUT2D eigenvalue weighted by molar-refractivity contribution is 0.138. The molecule has 0 fully saturated rings. The smallest absolute Gasteiger partial charge is 0.0732 e. The quantitative estimate of drug-likeness (QED) is 0.690. The molecule has 0 amide bonds. The van der Waals surface area contributed by atoms with E-state index in [0.29, 0.717) is 6.54 Å². The first-order chi connectivity index (χ1) is 11.3. The molecule has 23 heavy (non-hydrogen) atoms. The van der Waals surface area contributed by atoms with Gasteiger partial charge in [-0.25, -0.2) is 0 Å². The molecular formula is C21H25NO. The zero-order valence-corrected chi connectivity index (χ0v) is 13.4. The number of aryl methyl sites for hydroxylation is 1. The Hall–Kier alpha value is -2.16. The summed E-state index contributed by atoms with van der Waals surface area (Å²) in [5, 5.41) is 13.8. The summed E-state index contributed by atoms with van der Waals surface area (Å²) in [6.45, 7) is 4.41. The number of hydrogen-bond donors (Lipinski definition) is 2. The molecule has 2 aromatic carbocycles. The number of hydrogen-bond acceptors (Lipinski definition) is 2. The van der Waals surface area contributed by atoms with Gasteiger partial charge in [-0.3, -0.25) is 0 Å². The molecule has 0 heterocycles. The summed E-state index contributed by atoms with van der Waals surface area (Å²) in [5.41, 5.74) is 2.38. The number of aliphatic hydroxyl groups is 1. The van der Waals surface area contributed by atoms with E-state index in [2.05, 4.69) is 36.2 Å². The highest BCUT2D eigenvalue weighted by molar-refractivity contribution is 5.49. The number of rotatable bonds is 9. The molecule has 0 aliphatic carbocycles. The molecule has 2 aromatic rings. The van der Waals surface area contributed by atoms with Crippen LogP contribution in [0.15, 0.2) is 79.4 Å². The lowest BCUT2D eigenvalue weighted by Gasteiger charge is -2.21. The lowest BCUT2D eigenvalue weighted by Crippen LogP contribution is -2.38. The average Bonchev–Trinajstić information content (AvgIpc) is 2.61. The summed E-state index contributed by atoms with van der Waals surface area (Å²) in [6.07, 6.45) is 7.05. The summed E-state index contributed by atoms with van der Waals surface area (Å²) in [5.74, 6) is 0. The van der Waals surface area contributed by atoms with E-state index in [4.69, 9.17) is 0 Å². The van der Waals surface area contributed by atoms with Gasteiger partial charge in [-0.1, -0.05) is 78.9 Å². The van der Waals surface area contributed by atoms with Gasteiger partial charge in [0.25, 0.3) is 0 Å². The monoisotopic (exact) mass is 307 g/mol. The SMILES string of the molecule is C=CCN[C@H](/C=C/c1ccccc1)[C@@H](O)CCc1ccccc1. The Morgan fingerprint density at radius 3 is 2.30 bits per heavy atom. The minimum absolute atomic E-state index is 0.0862. The fourth-order valence-electron chi connectivity index (χ4n) is 2.47. The highest BCUT2D eigenvalue weighted by Crippen LogP contribution is 2.10. The van der Waals surface area contributed by atoms with Crippen LogP contribution < -0.4 is 5.32 Å². The van der Waals surface area contributed by atoms with Crippen molar-refractivity contribution < 1.29 is 5.11 Å². The predicted octanol–water partition coefficient (Wildman–Crippen LogP) is 3.84. The maximum atomic E-state index is 10.5. The van der Waals surface area contributed by atoms with Gasteiger partial charge in [-0.15, -0.1) is 6.58 Å². The van der Waals surface area contributed by atoms with E-state index in [9.17, 15) is 5.11 Å². The fourth-order valence-corrected chi connectivity index (χ4v) is 2.47. The Morgan fingerprint density at radius 2 is 1.65 bits per heavy atom. The first kappa shape index (κ1) is 17.2. The van der Waals surface area contributed by atoms with E-state index in [-0.39, 0.29) is 6.04 Å². The zero-order valence-electron chi connectivity index (χ0n) is 13.4. The Labute approximate surface area is 139 Å². The number of nitrogens with one attached hydrogen (secondary N) is 1. The summed E-state index contributed by atoms with van der Waals surface area (Å²) in [4.78, 5) is 0. The summed E-state index contributed by atoms with van der Waals surface area (Å²) in [7, 11) is 0. The summed E-state index contributed by atoms with van der Waals surface area (Å²) < 4.78 is 0. The minimum Gasteiger partial charge on any atom is -0.391 e. The Bertz CT molecular complexity index is 592. The summed E-state index contributed by atoms with van der Waals surface area (Å²) in [6, 6.07) is 20.3. The topological polar surface area (TPSA) is 32.3 Å². The van der Waals surface area contributed by atoms with Crippen LogP contribution >= 0.6 is 0 Å². The minimum atomic E-state index is -0.435. The van der Waals surface area contributed by atoms with E-state index in [1.807, 2.05) is 54.6 Å². The van der Waals surface area contributed by atoms with Gasteiger partial charge in [0, 0.05) is 6.54 Å². The molecule has 120 valence electrons. The zero-order chi connectivity index (χ0) is 16.3. The van der Waals surface area contributed by atoms with Gasteiger partial charge in [-0.2, -0.15) is 0 Å². The Morgan fingerprint density at radius 1 is 1.00 bits per heavy atom. The van der Waals surface area contributed by atoms with Crippen molar-refractivity contribution in [1.82, 2.24) is 5.32 Å². The maximum absolute atomic E-state index is 10.5. The van der Waals surface area contributed by atoms with Crippen LogP contribution in [0.2, 0.25) is 0 Å². The fraction of sp³-hybridized carbons (Fsp3) is 0.238. The molecule has 0 saturated carbocycles. The molecule has 0 aliphatic heterocycles. The molecular weight excluding hydrogens is 282 g/mol. The molecule has 2 rings (SSSR count). The molecule has 0 saturated heterocycles. The first-order valence-electron chi connectivity index (χ1n) is 8.09. The molecule has 2 heteroatoms. The van der Waals surface area contributed by atoms with Crippen LogP contribution in [-0.4, -0.2) is 23.8 Å².